The maximum Gasteiger partial charge on any atom is 0.262 e. The van der Waals surface area contributed by atoms with Gasteiger partial charge in [-0.15, -0.1) is 0 Å². The van der Waals surface area contributed by atoms with Crippen molar-refractivity contribution in [2.45, 2.75) is 25.7 Å². The number of carbonyl (C=O) groups is 1. The van der Waals surface area contributed by atoms with Crippen LogP contribution in [-0.4, -0.2) is 27.5 Å². The second-order valence-electron chi connectivity index (χ2n) is 7.44. The smallest absolute Gasteiger partial charge is 0.262 e. The number of hydrogen-bond donors (Lipinski definition) is 2. The Morgan fingerprint density at radius 2 is 1.69 bits per heavy atom. The number of nitrogens with one attached hydrogen (secondary N) is 2. The Hall–Kier alpha value is -3.03. The first-order valence-corrected chi connectivity index (χ1v) is 11.9. The third-order valence-corrected chi connectivity index (χ3v) is 6.68. The van der Waals surface area contributed by atoms with Gasteiger partial charge in [0.05, 0.1) is 22.2 Å². The van der Waals surface area contributed by atoms with Gasteiger partial charge in [0.25, 0.3) is 15.9 Å². The van der Waals surface area contributed by atoms with Crippen LogP contribution in [0.5, 0.6) is 5.75 Å². The Kier molecular flexibility index (Phi) is 7.43. The molecule has 3 aromatic carbocycles. The van der Waals surface area contributed by atoms with Gasteiger partial charge in [-0.3, -0.25) is 9.52 Å². The molecular weight excluding hydrogens is 448 g/mol. The molecule has 0 atom stereocenters. The maximum atomic E-state index is 13.0. The van der Waals surface area contributed by atoms with E-state index < -0.39 is 15.9 Å². The lowest BCUT2D eigenvalue weighted by atomic mass is 10.1. The van der Waals surface area contributed by atoms with Crippen LogP contribution in [0.25, 0.3) is 0 Å². The number of anilines is 1. The van der Waals surface area contributed by atoms with Crippen molar-refractivity contribution in [3.8, 4) is 5.75 Å². The fraction of sp³-hybridized carbons (Fsp3) is 0.208. The highest BCUT2D eigenvalue weighted by Gasteiger charge is 2.20. The van der Waals surface area contributed by atoms with E-state index in [0.29, 0.717) is 22.0 Å². The minimum absolute atomic E-state index is 0.0540. The van der Waals surface area contributed by atoms with Crippen molar-refractivity contribution in [1.82, 2.24) is 5.32 Å². The van der Waals surface area contributed by atoms with Gasteiger partial charge in [0.15, 0.2) is 0 Å². The molecule has 0 aliphatic heterocycles. The van der Waals surface area contributed by atoms with Crippen LogP contribution < -0.4 is 14.8 Å². The minimum atomic E-state index is -3.87. The number of hydrogen-bond acceptors (Lipinski definition) is 4. The molecule has 0 unspecified atom stereocenters. The maximum absolute atomic E-state index is 13.0. The number of aryl methyl sites for hydroxylation is 3. The summed E-state index contributed by atoms with van der Waals surface area (Å²) in [5, 5.41) is 3.22. The molecule has 0 fully saturated rings. The third kappa shape index (κ3) is 5.81. The fourth-order valence-corrected chi connectivity index (χ4v) is 4.65. The number of sulfonamides is 1. The van der Waals surface area contributed by atoms with E-state index in [1.165, 1.54) is 6.07 Å². The van der Waals surface area contributed by atoms with E-state index in [2.05, 4.69) is 10.0 Å². The van der Waals surface area contributed by atoms with E-state index in [9.17, 15) is 13.2 Å². The van der Waals surface area contributed by atoms with Crippen LogP contribution in [0.15, 0.2) is 65.6 Å². The molecule has 1 amide bonds. The first-order chi connectivity index (χ1) is 15.2. The fourth-order valence-electron chi connectivity index (χ4n) is 3.07. The van der Waals surface area contributed by atoms with E-state index in [-0.39, 0.29) is 23.6 Å². The highest BCUT2D eigenvalue weighted by molar-refractivity contribution is 7.92. The van der Waals surface area contributed by atoms with Gasteiger partial charge in [-0.2, -0.15) is 0 Å². The van der Waals surface area contributed by atoms with E-state index in [1.54, 1.807) is 49.4 Å². The number of ether oxygens (including phenoxy) is 1. The largest absolute Gasteiger partial charge is 0.490 e. The zero-order valence-electron chi connectivity index (χ0n) is 18.1. The molecule has 0 aromatic heterocycles. The van der Waals surface area contributed by atoms with Crippen molar-refractivity contribution in [1.29, 1.82) is 0 Å². The van der Waals surface area contributed by atoms with Crippen molar-refractivity contribution in [2.75, 3.05) is 17.9 Å². The second kappa shape index (κ2) is 10.1. The summed E-state index contributed by atoms with van der Waals surface area (Å²) in [5.74, 6) is 0.139. The predicted octanol–water partition coefficient (Wildman–Crippen LogP) is 4.87. The van der Waals surface area contributed by atoms with Crippen molar-refractivity contribution in [2.24, 2.45) is 0 Å². The van der Waals surface area contributed by atoms with Crippen LogP contribution in [0.3, 0.4) is 0 Å². The normalized spacial score (nSPS) is 11.1. The molecule has 2 N–H and O–H groups in total. The summed E-state index contributed by atoms with van der Waals surface area (Å²) < 4.78 is 34.3. The molecule has 3 aromatic rings. The van der Waals surface area contributed by atoms with E-state index in [4.69, 9.17) is 16.3 Å². The van der Waals surface area contributed by atoms with Gasteiger partial charge in [0, 0.05) is 5.56 Å². The van der Waals surface area contributed by atoms with Gasteiger partial charge >= 0.3 is 0 Å². The Morgan fingerprint density at radius 3 is 2.44 bits per heavy atom. The van der Waals surface area contributed by atoms with Crippen molar-refractivity contribution in [3.05, 3.63) is 87.9 Å². The zero-order valence-corrected chi connectivity index (χ0v) is 19.7. The standard InChI is InChI=1S/C24H25ClN2O4S/c1-16-8-9-17(2)21(14-16)27-32(29,30)23-15-19(11-10-18(23)3)24(28)26-12-13-31-22-7-5-4-6-20(22)25/h4-11,14-15,27H,12-13H2,1-3H3,(H,26,28). The van der Waals surface area contributed by atoms with Gasteiger partial charge in [0.1, 0.15) is 12.4 Å². The summed E-state index contributed by atoms with van der Waals surface area (Å²) in [7, 11) is -3.87. The second-order valence-corrected chi connectivity index (χ2v) is 9.50. The van der Waals surface area contributed by atoms with Crippen LogP contribution in [0.1, 0.15) is 27.0 Å². The van der Waals surface area contributed by atoms with Gasteiger partial charge in [0.2, 0.25) is 0 Å². The summed E-state index contributed by atoms with van der Waals surface area (Å²) >= 11 is 6.04. The molecule has 3 rings (SSSR count). The van der Waals surface area contributed by atoms with Crippen LogP contribution in [0.4, 0.5) is 5.69 Å². The van der Waals surface area contributed by atoms with Crippen LogP contribution in [-0.2, 0) is 10.0 Å². The molecule has 0 aliphatic carbocycles. The molecule has 168 valence electrons. The zero-order chi connectivity index (χ0) is 23.3. The molecule has 32 heavy (non-hydrogen) atoms. The first kappa shape index (κ1) is 23.6. The number of para-hydroxylation sites is 1. The van der Waals surface area contributed by atoms with E-state index in [0.717, 1.165) is 11.1 Å². The van der Waals surface area contributed by atoms with Crippen LogP contribution >= 0.6 is 11.6 Å². The average Bonchev–Trinajstić information content (AvgIpc) is 2.75. The van der Waals surface area contributed by atoms with Crippen LogP contribution in [0, 0.1) is 20.8 Å². The Balaban J connectivity index is 1.69. The summed E-state index contributed by atoms with van der Waals surface area (Å²) in [6.45, 7) is 5.87. The van der Waals surface area contributed by atoms with Crippen molar-refractivity contribution >= 4 is 33.2 Å². The minimum Gasteiger partial charge on any atom is -0.490 e. The lowest BCUT2D eigenvalue weighted by molar-refractivity contribution is 0.0947. The van der Waals surface area contributed by atoms with Crippen LogP contribution in [0.2, 0.25) is 5.02 Å². The number of amides is 1. The molecule has 0 heterocycles. The molecule has 0 spiro atoms. The van der Waals surface area contributed by atoms with E-state index in [1.807, 2.05) is 26.0 Å². The number of rotatable bonds is 8. The predicted molar refractivity (Wildman–Crippen MR) is 127 cm³/mol. The molecule has 0 saturated heterocycles. The lowest BCUT2D eigenvalue weighted by Crippen LogP contribution is -2.28. The Morgan fingerprint density at radius 1 is 0.969 bits per heavy atom. The summed E-state index contributed by atoms with van der Waals surface area (Å²) in [6.07, 6.45) is 0. The topological polar surface area (TPSA) is 84.5 Å². The molecule has 0 radical (unpaired) electrons. The Labute approximate surface area is 193 Å². The highest BCUT2D eigenvalue weighted by Crippen LogP contribution is 2.24. The van der Waals surface area contributed by atoms with E-state index >= 15 is 0 Å². The molecule has 8 heteroatoms. The molecule has 0 bridgehead atoms. The molecular formula is C24H25ClN2O4S. The van der Waals surface area contributed by atoms with Gasteiger partial charge < -0.3 is 10.1 Å². The first-order valence-electron chi connectivity index (χ1n) is 10.0. The molecule has 0 saturated carbocycles. The Bertz CT molecular complexity index is 1240. The number of halogens is 1. The van der Waals surface area contributed by atoms with Gasteiger partial charge in [-0.25, -0.2) is 8.42 Å². The summed E-state index contributed by atoms with van der Waals surface area (Å²) in [4.78, 5) is 12.6. The van der Waals surface area contributed by atoms with Gasteiger partial charge in [-0.05, 0) is 67.8 Å². The molecule has 6 nitrogen and oxygen atoms in total. The average molecular weight is 473 g/mol. The monoisotopic (exact) mass is 472 g/mol. The summed E-state index contributed by atoms with van der Waals surface area (Å²) in [6, 6.07) is 17.2. The summed E-state index contributed by atoms with van der Waals surface area (Å²) in [5.41, 5.74) is 3.05. The number of carbonyl (C=O) groups excluding carboxylic acids is 1. The number of benzene rings is 3. The van der Waals surface area contributed by atoms with Crippen molar-refractivity contribution < 1.29 is 17.9 Å². The molecule has 0 aliphatic rings. The quantitative estimate of drug-likeness (QED) is 0.458. The third-order valence-electron chi connectivity index (χ3n) is 4.86. The highest BCUT2D eigenvalue weighted by atomic mass is 35.5. The van der Waals surface area contributed by atoms with Crippen molar-refractivity contribution in [3.63, 3.8) is 0 Å². The lowest BCUT2D eigenvalue weighted by Gasteiger charge is -2.14. The SMILES string of the molecule is Cc1ccc(C)c(NS(=O)(=O)c2cc(C(=O)NCCOc3ccccc3Cl)ccc2C)c1. The van der Waals surface area contributed by atoms with Gasteiger partial charge in [-0.1, -0.05) is 41.9 Å².